The van der Waals surface area contributed by atoms with Gasteiger partial charge in [0.2, 0.25) is 21.8 Å². The number of aromatic nitrogens is 2. The van der Waals surface area contributed by atoms with Gasteiger partial charge in [0.15, 0.2) is 0 Å². The van der Waals surface area contributed by atoms with Gasteiger partial charge in [-0.15, -0.1) is 0 Å². The van der Waals surface area contributed by atoms with Gasteiger partial charge in [0, 0.05) is 30.9 Å². The summed E-state index contributed by atoms with van der Waals surface area (Å²) in [6.07, 6.45) is -4.83. The molecule has 1 amide bonds. The summed E-state index contributed by atoms with van der Waals surface area (Å²) in [6.45, 7) is 1.06. The van der Waals surface area contributed by atoms with E-state index in [-0.39, 0.29) is 28.1 Å². The molecule has 1 aromatic heterocycles. The standard InChI is InChI=1S/C25H20F5N5O3S/c1-14-21(27)9-22(35(14)39(37,38)20-6-4-19(26)5-7-20)23(36)32-11-17-8-15(2-3-16(17)10-31)18-12-33-24(34-13-18)25(28,29)30/h2-8,12-14,21-22H,9,11H2,1H3,(H,32,36)/t14-,21+,22-/m0/s1. The maximum atomic E-state index is 14.6. The summed E-state index contributed by atoms with van der Waals surface area (Å²) in [6, 6.07) is 7.59. The van der Waals surface area contributed by atoms with Crippen molar-refractivity contribution in [2.75, 3.05) is 0 Å². The lowest BCUT2D eigenvalue weighted by Crippen LogP contribution is -2.48. The van der Waals surface area contributed by atoms with Crippen molar-refractivity contribution in [1.29, 1.82) is 5.26 Å². The summed E-state index contributed by atoms with van der Waals surface area (Å²) in [5, 5.41) is 12.0. The molecule has 0 saturated carbocycles. The van der Waals surface area contributed by atoms with Crippen LogP contribution >= 0.6 is 0 Å². The second-order valence-electron chi connectivity index (χ2n) is 8.79. The van der Waals surface area contributed by atoms with Crippen molar-refractivity contribution >= 4 is 15.9 Å². The van der Waals surface area contributed by atoms with Gasteiger partial charge in [-0.25, -0.2) is 27.2 Å². The van der Waals surface area contributed by atoms with Crippen LogP contribution in [-0.4, -0.2) is 46.9 Å². The number of hydrogen-bond acceptors (Lipinski definition) is 6. The molecule has 204 valence electrons. The van der Waals surface area contributed by atoms with Crippen LogP contribution in [0.3, 0.4) is 0 Å². The normalized spacial score (nSPS) is 20.0. The van der Waals surface area contributed by atoms with Crippen LogP contribution in [0.25, 0.3) is 11.1 Å². The number of benzene rings is 2. The van der Waals surface area contributed by atoms with Crippen LogP contribution in [0.15, 0.2) is 59.8 Å². The first-order chi connectivity index (χ1) is 18.3. The van der Waals surface area contributed by atoms with E-state index in [4.69, 9.17) is 0 Å². The molecule has 0 unspecified atom stereocenters. The van der Waals surface area contributed by atoms with Gasteiger partial charge in [-0.05, 0) is 54.4 Å². The van der Waals surface area contributed by atoms with Crippen LogP contribution in [0.1, 0.15) is 30.3 Å². The third-order valence-electron chi connectivity index (χ3n) is 6.29. The van der Waals surface area contributed by atoms with E-state index in [9.17, 15) is 40.4 Å². The average molecular weight is 566 g/mol. The van der Waals surface area contributed by atoms with Gasteiger partial charge >= 0.3 is 6.18 Å². The molecule has 2 aromatic carbocycles. The number of hydrogen-bond donors (Lipinski definition) is 1. The zero-order chi connectivity index (χ0) is 28.5. The number of carbonyl (C=O) groups excluding carboxylic acids is 1. The van der Waals surface area contributed by atoms with Crippen LogP contribution in [0.4, 0.5) is 22.0 Å². The lowest BCUT2D eigenvalue weighted by molar-refractivity contribution is -0.145. The summed E-state index contributed by atoms with van der Waals surface area (Å²) >= 11 is 0. The molecule has 0 aliphatic carbocycles. The Balaban J connectivity index is 1.56. The molecular formula is C25H20F5N5O3S. The smallest absolute Gasteiger partial charge is 0.351 e. The maximum Gasteiger partial charge on any atom is 0.451 e. The van der Waals surface area contributed by atoms with Crippen LogP contribution in [-0.2, 0) is 27.5 Å². The SMILES string of the molecule is C[C@H]1[C@H](F)C[C@@H](C(=O)NCc2cc(-c3cnc(C(F)(F)F)nc3)ccc2C#N)N1S(=O)(=O)c1ccc(F)cc1. The van der Waals surface area contributed by atoms with Crippen molar-refractivity contribution < 1.29 is 35.2 Å². The van der Waals surface area contributed by atoms with Gasteiger partial charge in [0.25, 0.3) is 0 Å². The van der Waals surface area contributed by atoms with Gasteiger partial charge in [-0.2, -0.15) is 22.7 Å². The lowest BCUT2D eigenvalue weighted by atomic mass is 10.0. The highest BCUT2D eigenvalue weighted by molar-refractivity contribution is 7.89. The summed E-state index contributed by atoms with van der Waals surface area (Å²) in [5.41, 5.74) is 1.01. The topological polar surface area (TPSA) is 116 Å². The Labute approximate surface area is 220 Å². The number of sulfonamides is 1. The highest BCUT2D eigenvalue weighted by Crippen LogP contribution is 2.33. The molecule has 1 aliphatic rings. The van der Waals surface area contributed by atoms with E-state index in [0.717, 1.165) is 41.0 Å². The zero-order valence-electron chi connectivity index (χ0n) is 20.2. The Morgan fingerprint density at radius 3 is 2.36 bits per heavy atom. The number of nitrogens with zero attached hydrogens (tertiary/aromatic N) is 4. The molecule has 3 aromatic rings. The van der Waals surface area contributed by atoms with Crippen molar-refractivity contribution in [1.82, 2.24) is 19.6 Å². The van der Waals surface area contributed by atoms with Crippen molar-refractivity contribution in [3.63, 3.8) is 0 Å². The highest BCUT2D eigenvalue weighted by atomic mass is 32.2. The molecule has 0 radical (unpaired) electrons. The first-order valence-electron chi connectivity index (χ1n) is 11.5. The molecule has 2 heterocycles. The molecule has 4 rings (SSSR count). The van der Waals surface area contributed by atoms with Gasteiger partial charge in [0.1, 0.15) is 18.0 Å². The first-order valence-corrected chi connectivity index (χ1v) is 12.9. The fraction of sp³-hybridized carbons (Fsp3) is 0.280. The minimum atomic E-state index is -4.72. The van der Waals surface area contributed by atoms with Crippen LogP contribution in [0.2, 0.25) is 0 Å². The quantitative estimate of drug-likeness (QED) is 0.452. The molecule has 1 N–H and O–H groups in total. The molecule has 0 spiro atoms. The van der Waals surface area contributed by atoms with E-state index >= 15 is 0 Å². The Morgan fingerprint density at radius 2 is 1.77 bits per heavy atom. The minimum absolute atomic E-state index is 0.144. The van der Waals surface area contributed by atoms with Crippen LogP contribution in [0, 0.1) is 17.1 Å². The van der Waals surface area contributed by atoms with E-state index in [1.807, 2.05) is 6.07 Å². The summed E-state index contributed by atoms with van der Waals surface area (Å²) in [7, 11) is -4.36. The predicted octanol–water partition coefficient (Wildman–Crippen LogP) is 3.98. The fourth-order valence-electron chi connectivity index (χ4n) is 4.25. The Morgan fingerprint density at radius 1 is 1.13 bits per heavy atom. The third-order valence-corrected chi connectivity index (χ3v) is 8.30. The Bertz CT molecular complexity index is 1520. The number of nitrogens with one attached hydrogen (secondary N) is 1. The van der Waals surface area contributed by atoms with Gasteiger partial charge in [0.05, 0.1) is 22.6 Å². The molecule has 1 saturated heterocycles. The summed E-state index contributed by atoms with van der Waals surface area (Å²) in [4.78, 5) is 19.4. The lowest BCUT2D eigenvalue weighted by Gasteiger charge is -2.27. The molecular weight excluding hydrogens is 545 g/mol. The Hall–Kier alpha value is -3.96. The Kier molecular flexibility index (Phi) is 7.67. The van der Waals surface area contributed by atoms with Gasteiger partial charge < -0.3 is 5.32 Å². The number of amides is 1. The summed E-state index contributed by atoms with van der Waals surface area (Å²) in [5.74, 6) is -2.80. The molecule has 3 atom stereocenters. The van der Waals surface area contributed by atoms with E-state index < -0.39 is 58.4 Å². The highest BCUT2D eigenvalue weighted by Gasteiger charge is 2.49. The van der Waals surface area contributed by atoms with Gasteiger partial charge in [-0.3, -0.25) is 4.79 Å². The van der Waals surface area contributed by atoms with Crippen LogP contribution in [0.5, 0.6) is 0 Å². The number of nitriles is 1. The average Bonchev–Trinajstić information content (AvgIpc) is 3.21. The molecule has 1 fully saturated rings. The number of alkyl halides is 4. The monoisotopic (exact) mass is 565 g/mol. The molecule has 8 nitrogen and oxygen atoms in total. The van der Waals surface area contributed by atoms with Gasteiger partial charge in [-0.1, -0.05) is 6.07 Å². The first kappa shape index (κ1) is 28.1. The van der Waals surface area contributed by atoms with Crippen molar-refractivity contribution in [3.8, 4) is 17.2 Å². The molecule has 1 aliphatic heterocycles. The summed E-state index contributed by atoms with van der Waals surface area (Å²) < 4.78 is 93.4. The molecule has 14 heteroatoms. The maximum absolute atomic E-state index is 14.6. The zero-order valence-corrected chi connectivity index (χ0v) is 21.0. The van der Waals surface area contributed by atoms with Crippen LogP contribution < -0.4 is 5.32 Å². The van der Waals surface area contributed by atoms with Crippen molar-refractivity contribution in [3.05, 3.63) is 77.6 Å². The van der Waals surface area contributed by atoms with E-state index in [2.05, 4.69) is 15.3 Å². The van der Waals surface area contributed by atoms with Crippen molar-refractivity contribution in [2.24, 2.45) is 0 Å². The molecule has 0 bridgehead atoms. The van der Waals surface area contributed by atoms with E-state index in [1.165, 1.54) is 25.1 Å². The largest absolute Gasteiger partial charge is 0.451 e. The number of halogens is 5. The van der Waals surface area contributed by atoms with Crippen molar-refractivity contribution in [2.45, 2.75) is 49.2 Å². The number of carbonyl (C=O) groups is 1. The number of rotatable bonds is 6. The van der Waals surface area contributed by atoms with E-state index in [0.29, 0.717) is 5.56 Å². The second kappa shape index (κ2) is 10.7. The predicted molar refractivity (Wildman–Crippen MR) is 127 cm³/mol. The van der Waals surface area contributed by atoms with E-state index in [1.54, 1.807) is 0 Å². The fourth-order valence-corrected chi connectivity index (χ4v) is 6.06. The molecule has 39 heavy (non-hydrogen) atoms. The third kappa shape index (κ3) is 5.74. The second-order valence-corrected chi connectivity index (χ2v) is 10.6. The minimum Gasteiger partial charge on any atom is -0.351 e.